The first-order chi connectivity index (χ1) is 34.0. The molecule has 0 aromatic heterocycles. The van der Waals surface area contributed by atoms with Gasteiger partial charge in [0.1, 0.15) is 13.2 Å². The summed E-state index contributed by atoms with van der Waals surface area (Å²) in [4.78, 5) is 38.0. The highest BCUT2D eigenvalue weighted by molar-refractivity contribution is 5.71. The zero-order valence-electron chi connectivity index (χ0n) is 43.5. The van der Waals surface area contributed by atoms with E-state index in [0.29, 0.717) is 19.3 Å². The number of allylic oxidation sites excluding steroid dienone is 28. The molecule has 0 aliphatic heterocycles. The van der Waals surface area contributed by atoms with Crippen LogP contribution in [0.5, 0.6) is 0 Å². The molecule has 0 aliphatic rings. The van der Waals surface area contributed by atoms with Crippen LogP contribution in [0.1, 0.15) is 188 Å². The minimum Gasteiger partial charge on any atom is -0.462 e. The molecular weight excluding hydrogens is 853 g/mol. The molecule has 0 saturated carbocycles. The fourth-order valence-corrected chi connectivity index (χ4v) is 6.27. The van der Waals surface area contributed by atoms with Crippen LogP contribution < -0.4 is 0 Å². The monoisotopic (exact) mass is 947 g/mol. The molecule has 6 nitrogen and oxygen atoms in total. The van der Waals surface area contributed by atoms with Crippen molar-refractivity contribution in [1.82, 2.24) is 0 Å². The summed E-state index contributed by atoms with van der Waals surface area (Å²) in [5.74, 6) is -1.14. The number of carbonyl (C=O) groups excluding carboxylic acids is 3. The van der Waals surface area contributed by atoms with Gasteiger partial charge in [-0.05, 0) is 135 Å². The van der Waals surface area contributed by atoms with E-state index in [1.165, 1.54) is 25.7 Å². The van der Waals surface area contributed by atoms with Crippen LogP contribution in [-0.4, -0.2) is 37.2 Å². The van der Waals surface area contributed by atoms with Gasteiger partial charge in [0, 0.05) is 19.3 Å². The lowest BCUT2D eigenvalue weighted by atomic mass is 10.2. The van der Waals surface area contributed by atoms with Gasteiger partial charge in [0.15, 0.2) is 6.10 Å². The predicted molar refractivity (Wildman–Crippen MR) is 297 cm³/mol. The standard InChI is InChI=1S/C63H94O6/c1-4-7-10-13-16-19-22-25-28-31-34-37-40-43-46-49-52-55-61(64)67-58-60(69-63(66)57-54-51-48-45-42-39-36-33-30-27-24-21-18-15-12-9-6-3)59-68-62(65)56-53-50-47-44-41-38-35-32-29-26-23-20-17-14-11-8-5-2/h7-8,10-11,16-21,25-30,34-39,43-48,60H,4-6,9,12-15,22-24,31-33,40-42,49-59H2,1-3H3/b10-7-,11-8-,19-16-,20-17-,21-18-,28-25-,29-26-,30-27-,37-34-,38-35-,39-36-,46-43-,47-44-,48-45-. The fourth-order valence-electron chi connectivity index (χ4n) is 6.27. The molecule has 0 saturated heterocycles. The van der Waals surface area contributed by atoms with Crippen molar-refractivity contribution in [3.63, 3.8) is 0 Å². The Hall–Kier alpha value is -5.23. The second kappa shape index (κ2) is 55.4. The van der Waals surface area contributed by atoms with E-state index < -0.39 is 12.1 Å². The zero-order chi connectivity index (χ0) is 50.0. The molecule has 0 aliphatic carbocycles. The van der Waals surface area contributed by atoms with Crippen molar-refractivity contribution in [3.8, 4) is 0 Å². The van der Waals surface area contributed by atoms with Crippen molar-refractivity contribution in [2.24, 2.45) is 0 Å². The number of unbranched alkanes of at least 4 members (excludes halogenated alkanes) is 6. The van der Waals surface area contributed by atoms with Gasteiger partial charge in [0.2, 0.25) is 0 Å². The molecule has 0 unspecified atom stereocenters. The second-order valence-corrected chi connectivity index (χ2v) is 16.7. The summed E-state index contributed by atoms with van der Waals surface area (Å²) in [6.45, 7) is 6.20. The Morgan fingerprint density at radius 2 is 0.551 bits per heavy atom. The lowest BCUT2D eigenvalue weighted by Crippen LogP contribution is -2.30. The fraction of sp³-hybridized carbons (Fsp3) is 0.508. The summed E-state index contributed by atoms with van der Waals surface area (Å²) in [6.07, 6.45) is 82.1. The molecule has 0 spiro atoms. The third kappa shape index (κ3) is 53.6. The van der Waals surface area contributed by atoms with Crippen LogP contribution in [0.3, 0.4) is 0 Å². The average molecular weight is 947 g/mol. The lowest BCUT2D eigenvalue weighted by molar-refractivity contribution is -0.166. The molecule has 0 radical (unpaired) electrons. The van der Waals surface area contributed by atoms with Gasteiger partial charge in [-0.3, -0.25) is 14.4 Å². The van der Waals surface area contributed by atoms with Gasteiger partial charge in [-0.2, -0.15) is 0 Å². The largest absolute Gasteiger partial charge is 0.462 e. The lowest BCUT2D eigenvalue weighted by Gasteiger charge is -2.18. The van der Waals surface area contributed by atoms with E-state index in [-0.39, 0.29) is 44.4 Å². The van der Waals surface area contributed by atoms with Crippen molar-refractivity contribution in [2.45, 2.75) is 194 Å². The van der Waals surface area contributed by atoms with Gasteiger partial charge in [-0.25, -0.2) is 0 Å². The molecular formula is C63H94O6. The molecule has 0 rings (SSSR count). The highest BCUT2D eigenvalue weighted by Crippen LogP contribution is 2.09. The molecule has 0 aromatic rings. The van der Waals surface area contributed by atoms with Crippen molar-refractivity contribution < 1.29 is 28.6 Å². The molecule has 0 amide bonds. The van der Waals surface area contributed by atoms with Crippen LogP contribution in [0.4, 0.5) is 0 Å². The Morgan fingerprint density at radius 3 is 0.826 bits per heavy atom. The minimum absolute atomic E-state index is 0.156. The number of ether oxygens (including phenoxy) is 3. The SMILES string of the molecule is CC/C=C\C/C=C\C/C=C\C/C=C\C/C=C\CCCC(=O)OCC(COC(=O)CCC/C=C\C/C=C\C/C=C\C/C=C\C/C=C\CC)OC(=O)CCC/C=C\C/C=C\C/C=C\C/C=C\CCCCC. The maximum atomic E-state index is 12.8. The molecule has 0 fully saturated rings. The first-order valence-corrected chi connectivity index (χ1v) is 26.6. The topological polar surface area (TPSA) is 78.9 Å². The maximum absolute atomic E-state index is 12.8. The number of hydrogen-bond donors (Lipinski definition) is 0. The molecule has 0 atom stereocenters. The summed E-state index contributed by atoms with van der Waals surface area (Å²) in [5.41, 5.74) is 0. The Kier molecular flexibility index (Phi) is 51.2. The second-order valence-electron chi connectivity index (χ2n) is 16.7. The summed E-state index contributed by atoms with van der Waals surface area (Å²) >= 11 is 0. The summed E-state index contributed by atoms with van der Waals surface area (Å²) in [7, 11) is 0. The molecule has 0 heterocycles. The summed E-state index contributed by atoms with van der Waals surface area (Å²) < 4.78 is 16.7. The smallest absolute Gasteiger partial charge is 0.306 e. The van der Waals surface area contributed by atoms with Crippen molar-refractivity contribution >= 4 is 17.9 Å². The summed E-state index contributed by atoms with van der Waals surface area (Å²) in [5, 5.41) is 0. The number of esters is 3. The van der Waals surface area contributed by atoms with E-state index in [9.17, 15) is 14.4 Å². The van der Waals surface area contributed by atoms with Gasteiger partial charge in [-0.1, -0.05) is 204 Å². The van der Waals surface area contributed by atoms with E-state index in [4.69, 9.17) is 14.2 Å². The Bertz CT molecular complexity index is 1570. The molecule has 382 valence electrons. The minimum atomic E-state index is -0.862. The normalized spacial score (nSPS) is 13.1. The third-order valence-corrected chi connectivity index (χ3v) is 10.2. The van der Waals surface area contributed by atoms with Crippen molar-refractivity contribution in [2.75, 3.05) is 13.2 Å². The van der Waals surface area contributed by atoms with Crippen molar-refractivity contribution in [3.05, 3.63) is 170 Å². The number of hydrogen-bond acceptors (Lipinski definition) is 6. The van der Waals surface area contributed by atoms with Crippen LogP contribution in [0.2, 0.25) is 0 Å². The highest BCUT2D eigenvalue weighted by atomic mass is 16.6. The predicted octanol–water partition coefficient (Wildman–Crippen LogP) is 18.0. The first kappa shape index (κ1) is 63.8. The average Bonchev–Trinajstić information content (AvgIpc) is 3.35. The first-order valence-electron chi connectivity index (χ1n) is 26.6. The third-order valence-electron chi connectivity index (χ3n) is 10.2. The Balaban J connectivity index is 4.70. The van der Waals surface area contributed by atoms with E-state index in [0.717, 1.165) is 103 Å². The summed E-state index contributed by atoms with van der Waals surface area (Å²) in [6, 6.07) is 0. The van der Waals surface area contributed by atoms with E-state index in [2.05, 4.69) is 191 Å². The van der Waals surface area contributed by atoms with Gasteiger partial charge >= 0.3 is 17.9 Å². The molecule has 0 N–H and O–H groups in total. The van der Waals surface area contributed by atoms with Gasteiger partial charge in [-0.15, -0.1) is 0 Å². The van der Waals surface area contributed by atoms with Crippen molar-refractivity contribution in [1.29, 1.82) is 0 Å². The van der Waals surface area contributed by atoms with Gasteiger partial charge < -0.3 is 14.2 Å². The van der Waals surface area contributed by atoms with Crippen LogP contribution in [-0.2, 0) is 28.6 Å². The molecule has 0 bridgehead atoms. The molecule has 6 heteroatoms. The Labute approximate surface area is 422 Å². The zero-order valence-corrected chi connectivity index (χ0v) is 43.5. The quantitative estimate of drug-likeness (QED) is 0.0262. The highest BCUT2D eigenvalue weighted by Gasteiger charge is 2.19. The van der Waals surface area contributed by atoms with E-state index in [1.54, 1.807) is 0 Å². The van der Waals surface area contributed by atoms with Crippen LogP contribution in [0.25, 0.3) is 0 Å². The Morgan fingerprint density at radius 1 is 0.304 bits per heavy atom. The number of carbonyl (C=O) groups is 3. The maximum Gasteiger partial charge on any atom is 0.306 e. The van der Waals surface area contributed by atoms with Crippen LogP contribution in [0, 0.1) is 0 Å². The molecule has 69 heavy (non-hydrogen) atoms. The van der Waals surface area contributed by atoms with Gasteiger partial charge in [0.25, 0.3) is 0 Å². The van der Waals surface area contributed by atoms with E-state index >= 15 is 0 Å². The van der Waals surface area contributed by atoms with Gasteiger partial charge in [0.05, 0.1) is 0 Å². The van der Waals surface area contributed by atoms with E-state index in [1.807, 2.05) is 0 Å². The van der Waals surface area contributed by atoms with Crippen LogP contribution >= 0.6 is 0 Å². The van der Waals surface area contributed by atoms with Crippen LogP contribution in [0.15, 0.2) is 170 Å². The number of rotatable bonds is 45. The molecule has 0 aromatic carbocycles.